The Morgan fingerprint density at radius 1 is 1.86 bits per heavy atom. The zero-order chi connectivity index (χ0) is 5.70. The average molecular weight is 100 g/mol. The van der Waals surface area contributed by atoms with E-state index in [4.69, 9.17) is 5.11 Å². The molecule has 0 aromatic rings. The summed E-state index contributed by atoms with van der Waals surface area (Å²) in [7, 11) is 0. The van der Waals surface area contributed by atoms with Crippen LogP contribution in [0.1, 0.15) is 19.8 Å². The van der Waals surface area contributed by atoms with Crippen LogP contribution in [0, 0.1) is 0 Å². The van der Waals surface area contributed by atoms with E-state index in [0.717, 1.165) is 12.8 Å². The summed E-state index contributed by atoms with van der Waals surface area (Å²) in [6.45, 7) is 5.44. The number of rotatable bonds is 3. The third-order valence-corrected chi connectivity index (χ3v) is 0.910. The lowest BCUT2D eigenvalue weighted by Crippen LogP contribution is -2.00. The van der Waals surface area contributed by atoms with Crippen LogP contribution in [-0.4, -0.2) is 11.2 Å². The molecule has 0 amide bonds. The van der Waals surface area contributed by atoms with Gasteiger partial charge in [0.25, 0.3) is 0 Å². The van der Waals surface area contributed by atoms with E-state index in [0.29, 0.717) is 0 Å². The molecule has 0 spiro atoms. The Hall–Kier alpha value is -0.300. The van der Waals surface area contributed by atoms with Crippen LogP contribution in [0.5, 0.6) is 0 Å². The molecule has 0 rings (SSSR count). The zero-order valence-electron chi connectivity index (χ0n) is 4.72. The second kappa shape index (κ2) is 3.88. The molecule has 0 aliphatic heterocycles. The standard InChI is InChI=1S/C6H12O/c1-3-5-6(7)4-2/h3,6-7H,1,4-5H2,2H3/t6-/m1/s1. The molecule has 1 nitrogen and oxygen atoms in total. The Balaban J connectivity index is 2.98. The average Bonchev–Trinajstić information content (AvgIpc) is 1.68. The lowest BCUT2D eigenvalue weighted by molar-refractivity contribution is 0.174. The largest absolute Gasteiger partial charge is 0.393 e. The van der Waals surface area contributed by atoms with Crippen molar-refractivity contribution >= 4 is 0 Å². The van der Waals surface area contributed by atoms with Gasteiger partial charge in [0, 0.05) is 0 Å². The summed E-state index contributed by atoms with van der Waals surface area (Å²) in [6.07, 6.45) is 3.11. The van der Waals surface area contributed by atoms with Crippen LogP contribution in [0.15, 0.2) is 12.7 Å². The minimum atomic E-state index is -0.169. The van der Waals surface area contributed by atoms with Crippen LogP contribution in [0.25, 0.3) is 0 Å². The summed E-state index contributed by atoms with van der Waals surface area (Å²) in [5.74, 6) is 0. The minimum Gasteiger partial charge on any atom is -0.393 e. The van der Waals surface area contributed by atoms with Gasteiger partial charge in [-0.25, -0.2) is 0 Å². The maximum atomic E-state index is 8.79. The van der Waals surface area contributed by atoms with E-state index in [1.807, 2.05) is 6.92 Å². The fourth-order valence-corrected chi connectivity index (χ4v) is 0.359. The Morgan fingerprint density at radius 3 is 2.57 bits per heavy atom. The van der Waals surface area contributed by atoms with E-state index < -0.39 is 0 Å². The Labute approximate surface area is 44.7 Å². The van der Waals surface area contributed by atoms with Gasteiger partial charge in [0.1, 0.15) is 0 Å². The van der Waals surface area contributed by atoms with Crippen molar-refractivity contribution in [3.63, 3.8) is 0 Å². The first-order valence-electron chi connectivity index (χ1n) is 2.60. The van der Waals surface area contributed by atoms with Crippen molar-refractivity contribution in [3.8, 4) is 0 Å². The molecule has 0 fully saturated rings. The smallest absolute Gasteiger partial charge is 0.0571 e. The number of hydrogen-bond donors (Lipinski definition) is 1. The van der Waals surface area contributed by atoms with Gasteiger partial charge < -0.3 is 5.11 Å². The number of hydrogen-bond acceptors (Lipinski definition) is 1. The molecule has 1 N–H and O–H groups in total. The molecule has 0 radical (unpaired) electrons. The maximum absolute atomic E-state index is 8.79. The molecule has 1 heteroatoms. The molecule has 1 atom stereocenters. The molecule has 0 unspecified atom stereocenters. The molecule has 0 aliphatic rings. The van der Waals surface area contributed by atoms with Crippen LogP contribution in [0.2, 0.25) is 0 Å². The molecular formula is C6H12O. The van der Waals surface area contributed by atoms with Crippen LogP contribution in [-0.2, 0) is 0 Å². The van der Waals surface area contributed by atoms with E-state index in [2.05, 4.69) is 6.58 Å². The number of aliphatic hydroxyl groups excluding tert-OH is 1. The molecule has 0 saturated carbocycles. The van der Waals surface area contributed by atoms with E-state index in [9.17, 15) is 0 Å². The predicted molar refractivity (Wildman–Crippen MR) is 31.1 cm³/mol. The first-order valence-corrected chi connectivity index (χ1v) is 2.60. The van der Waals surface area contributed by atoms with E-state index in [1.54, 1.807) is 6.08 Å². The molecule has 0 heterocycles. The van der Waals surface area contributed by atoms with Crippen molar-refractivity contribution < 1.29 is 5.11 Å². The molecule has 0 bridgehead atoms. The lowest BCUT2D eigenvalue weighted by Gasteiger charge is -1.99. The third-order valence-electron chi connectivity index (χ3n) is 0.910. The van der Waals surface area contributed by atoms with Crippen molar-refractivity contribution in [1.82, 2.24) is 0 Å². The van der Waals surface area contributed by atoms with Crippen LogP contribution in [0.3, 0.4) is 0 Å². The fourth-order valence-electron chi connectivity index (χ4n) is 0.359. The van der Waals surface area contributed by atoms with Crippen LogP contribution >= 0.6 is 0 Å². The third kappa shape index (κ3) is 3.53. The van der Waals surface area contributed by atoms with Gasteiger partial charge in [-0.3, -0.25) is 0 Å². The molecule has 0 aromatic carbocycles. The Kier molecular flexibility index (Phi) is 3.71. The van der Waals surface area contributed by atoms with Crippen molar-refractivity contribution in [3.05, 3.63) is 12.7 Å². The van der Waals surface area contributed by atoms with Crippen molar-refractivity contribution in [2.75, 3.05) is 0 Å². The van der Waals surface area contributed by atoms with Gasteiger partial charge in [0.15, 0.2) is 0 Å². The second-order valence-electron chi connectivity index (χ2n) is 1.59. The van der Waals surface area contributed by atoms with Gasteiger partial charge in [-0.2, -0.15) is 0 Å². The normalized spacial score (nSPS) is 13.4. The quantitative estimate of drug-likeness (QED) is 0.530. The lowest BCUT2D eigenvalue weighted by atomic mass is 10.2. The van der Waals surface area contributed by atoms with Gasteiger partial charge >= 0.3 is 0 Å². The highest BCUT2D eigenvalue weighted by Crippen LogP contribution is 1.94. The highest BCUT2D eigenvalue weighted by molar-refractivity contribution is 4.70. The fraction of sp³-hybridized carbons (Fsp3) is 0.667. The summed E-state index contributed by atoms with van der Waals surface area (Å²) >= 11 is 0. The second-order valence-corrected chi connectivity index (χ2v) is 1.59. The van der Waals surface area contributed by atoms with Gasteiger partial charge in [-0.1, -0.05) is 13.0 Å². The Morgan fingerprint density at radius 2 is 2.43 bits per heavy atom. The highest BCUT2D eigenvalue weighted by Gasteiger charge is 1.92. The van der Waals surface area contributed by atoms with Gasteiger partial charge in [0.05, 0.1) is 6.10 Å². The van der Waals surface area contributed by atoms with Crippen molar-refractivity contribution in [2.24, 2.45) is 0 Å². The van der Waals surface area contributed by atoms with Crippen LogP contribution < -0.4 is 0 Å². The first-order chi connectivity index (χ1) is 3.31. The number of aliphatic hydroxyl groups is 1. The monoisotopic (exact) mass is 100 g/mol. The van der Waals surface area contributed by atoms with Gasteiger partial charge in [0.2, 0.25) is 0 Å². The SMILES string of the molecule is C=CC[C@H](O)CC. The van der Waals surface area contributed by atoms with E-state index in [-0.39, 0.29) is 6.10 Å². The molecule has 0 aromatic heterocycles. The zero-order valence-corrected chi connectivity index (χ0v) is 4.72. The predicted octanol–water partition coefficient (Wildman–Crippen LogP) is 1.33. The Bertz CT molecular complexity index is 50.1. The summed E-state index contributed by atoms with van der Waals surface area (Å²) in [5, 5.41) is 8.79. The molecule has 42 valence electrons. The van der Waals surface area contributed by atoms with Crippen LogP contribution in [0.4, 0.5) is 0 Å². The molecule has 0 aliphatic carbocycles. The first kappa shape index (κ1) is 6.70. The molecule has 7 heavy (non-hydrogen) atoms. The topological polar surface area (TPSA) is 20.2 Å². The van der Waals surface area contributed by atoms with Gasteiger partial charge in [-0.15, -0.1) is 6.58 Å². The van der Waals surface area contributed by atoms with E-state index >= 15 is 0 Å². The summed E-state index contributed by atoms with van der Waals surface area (Å²) in [4.78, 5) is 0. The van der Waals surface area contributed by atoms with Crippen molar-refractivity contribution in [1.29, 1.82) is 0 Å². The minimum absolute atomic E-state index is 0.169. The molecular weight excluding hydrogens is 88.1 g/mol. The summed E-state index contributed by atoms with van der Waals surface area (Å²) in [6, 6.07) is 0. The maximum Gasteiger partial charge on any atom is 0.0571 e. The molecule has 0 saturated heterocycles. The van der Waals surface area contributed by atoms with Crippen molar-refractivity contribution in [2.45, 2.75) is 25.9 Å². The highest BCUT2D eigenvalue weighted by atomic mass is 16.3. The van der Waals surface area contributed by atoms with Gasteiger partial charge in [-0.05, 0) is 12.8 Å². The van der Waals surface area contributed by atoms with E-state index in [1.165, 1.54) is 0 Å². The summed E-state index contributed by atoms with van der Waals surface area (Å²) < 4.78 is 0. The summed E-state index contributed by atoms with van der Waals surface area (Å²) in [5.41, 5.74) is 0.